The van der Waals surface area contributed by atoms with E-state index in [0.717, 1.165) is 19.5 Å². The maximum atomic E-state index is 13.8. The second-order valence-electron chi connectivity index (χ2n) is 5.71. The number of nitrogens with zero attached hydrogens (tertiary/aromatic N) is 3. The molecule has 0 atom stereocenters. The fraction of sp³-hybridized carbons (Fsp3) is 0.222. The van der Waals surface area contributed by atoms with Crippen LogP contribution < -0.4 is 0 Å². The predicted octanol–water partition coefficient (Wildman–Crippen LogP) is 3.43. The smallest absolute Gasteiger partial charge is 0.250 e. The van der Waals surface area contributed by atoms with Crippen LogP contribution in [0.2, 0.25) is 0 Å². The molecule has 1 aromatic heterocycles. The van der Waals surface area contributed by atoms with Gasteiger partial charge in [0.05, 0.1) is 12.1 Å². The summed E-state index contributed by atoms with van der Waals surface area (Å²) in [7, 11) is 0. The van der Waals surface area contributed by atoms with Crippen molar-refractivity contribution in [2.24, 2.45) is 0 Å². The third-order valence-corrected chi connectivity index (χ3v) is 4.14. The number of hydrogen-bond donors (Lipinski definition) is 0. The SMILES string of the molecule is Fc1ccccc1-c1nnc(CN2CCc3ccccc3C2)o1. The zero-order valence-corrected chi connectivity index (χ0v) is 12.6. The van der Waals surface area contributed by atoms with E-state index in [1.807, 2.05) is 0 Å². The third kappa shape index (κ3) is 2.87. The normalized spacial score (nSPS) is 14.7. The van der Waals surface area contributed by atoms with Crippen LogP contribution in [0.5, 0.6) is 0 Å². The predicted molar refractivity (Wildman–Crippen MR) is 84.0 cm³/mol. The number of rotatable bonds is 3. The van der Waals surface area contributed by atoms with Crippen LogP contribution in [-0.2, 0) is 19.5 Å². The van der Waals surface area contributed by atoms with Gasteiger partial charge in [0.25, 0.3) is 5.89 Å². The Morgan fingerprint density at radius 3 is 2.65 bits per heavy atom. The molecule has 0 bridgehead atoms. The number of halogens is 1. The van der Waals surface area contributed by atoms with Crippen LogP contribution in [0.15, 0.2) is 52.9 Å². The van der Waals surface area contributed by atoms with E-state index in [-0.39, 0.29) is 11.7 Å². The van der Waals surface area contributed by atoms with E-state index in [1.54, 1.807) is 18.2 Å². The van der Waals surface area contributed by atoms with Gasteiger partial charge in [0.15, 0.2) is 0 Å². The van der Waals surface area contributed by atoms with Crippen molar-refractivity contribution in [3.63, 3.8) is 0 Å². The summed E-state index contributed by atoms with van der Waals surface area (Å²) in [5, 5.41) is 8.03. The first-order chi connectivity index (χ1) is 11.3. The number of aromatic nitrogens is 2. The standard InChI is InChI=1S/C18H16FN3O/c19-16-8-4-3-7-15(16)18-21-20-17(23-18)12-22-10-9-13-5-1-2-6-14(13)11-22/h1-8H,9-12H2. The topological polar surface area (TPSA) is 42.2 Å². The van der Waals surface area contributed by atoms with Crippen molar-refractivity contribution in [2.75, 3.05) is 6.54 Å². The molecule has 1 aliphatic rings. The third-order valence-electron chi connectivity index (χ3n) is 4.14. The van der Waals surface area contributed by atoms with Gasteiger partial charge in [-0.1, -0.05) is 36.4 Å². The molecule has 0 amide bonds. The van der Waals surface area contributed by atoms with Gasteiger partial charge in [-0.25, -0.2) is 4.39 Å². The molecule has 23 heavy (non-hydrogen) atoms. The summed E-state index contributed by atoms with van der Waals surface area (Å²) in [5.74, 6) is 0.396. The molecule has 4 nitrogen and oxygen atoms in total. The van der Waals surface area contributed by atoms with Crippen molar-refractivity contribution in [1.82, 2.24) is 15.1 Å². The van der Waals surface area contributed by atoms with Crippen LogP contribution in [0, 0.1) is 5.82 Å². The Morgan fingerprint density at radius 1 is 1.00 bits per heavy atom. The molecule has 0 radical (unpaired) electrons. The van der Waals surface area contributed by atoms with E-state index >= 15 is 0 Å². The molecule has 2 aromatic carbocycles. The summed E-state index contributed by atoms with van der Waals surface area (Å²) >= 11 is 0. The zero-order chi connectivity index (χ0) is 15.6. The first kappa shape index (κ1) is 14.1. The number of fused-ring (bicyclic) bond motifs is 1. The van der Waals surface area contributed by atoms with E-state index in [9.17, 15) is 4.39 Å². The molecule has 0 spiro atoms. The van der Waals surface area contributed by atoms with Crippen LogP contribution in [0.25, 0.3) is 11.5 Å². The van der Waals surface area contributed by atoms with Crippen molar-refractivity contribution >= 4 is 0 Å². The van der Waals surface area contributed by atoms with Gasteiger partial charge in [0.1, 0.15) is 5.82 Å². The molecule has 116 valence electrons. The first-order valence-electron chi connectivity index (χ1n) is 7.66. The van der Waals surface area contributed by atoms with Crippen molar-refractivity contribution in [3.8, 4) is 11.5 Å². The van der Waals surface area contributed by atoms with E-state index in [2.05, 4.69) is 39.4 Å². The van der Waals surface area contributed by atoms with Gasteiger partial charge in [-0.05, 0) is 29.7 Å². The highest BCUT2D eigenvalue weighted by molar-refractivity contribution is 5.53. The summed E-state index contributed by atoms with van der Waals surface area (Å²) in [6.07, 6.45) is 1.02. The lowest BCUT2D eigenvalue weighted by Crippen LogP contribution is -2.30. The number of hydrogen-bond acceptors (Lipinski definition) is 4. The molecule has 2 heterocycles. The molecule has 4 rings (SSSR count). The zero-order valence-electron chi connectivity index (χ0n) is 12.6. The van der Waals surface area contributed by atoms with E-state index < -0.39 is 0 Å². The highest BCUT2D eigenvalue weighted by Crippen LogP contribution is 2.23. The molecule has 1 aliphatic heterocycles. The van der Waals surface area contributed by atoms with Crippen LogP contribution in [0.3, 0.4) is 0 Å². The molecule has 0 N–H and O–H groups in total. The highest BCUT2D eigenvalue weighted by atomic mass is 19.1. The fourth-order valence-electron chi connectivity index (χ4n) is 2.94. The molecule has 0 unspecified atom stereocenters. The minimum atomic E-state index is -0.352. The van der Waals surface area contributed by atoms with Crippen LogP contribution in [0.1, 0.15) is 17.0 Å². The van der Waals surface area contributed by atoms with Gasteiger partial charge in [0, 0.05) is 13.1 Å². The molecule has 0 aliphatic carbocycles. The van der Waals surface area contributed by atoms with Crippen LogP contribution in [0.4, 0.5) is 4.39 Å². The largest absolute Gasteiger partial charge is 0.419 e. The van der Waals surface area contributed by atoms with Gasteiger partial charge in [-0.15, -0.1) is 10.2 Å². The van der Waals surface area contributed by atoms with Crippen LogP contribution in [-0.4, -0.2) is 21.6 Å². The van der Waals surface area contributed by atoms with Gasteiger partial charge in [0.2, 0.25) is 5.89 Å². The van der Waals surface area contributed by atoms with Gasteiger partial charge < -0.3 is 4.42 Å². The lowest BCUT2D eigenvalue weighted by Gasteiger charge is -2.27. The lowest BCUT2D eigenvalue weighted by molar-refractivity contribution is 0.222. The van der Waals surface area contributed by atoms with Gasteiger partial charge >= 0.3 is 0 Å². The van der Waals surface area contributed by atoms with E-state index in [1.165, 1.54) is 17.2 Å². The average Bonchev–Trinajstić information content (AvgIpc) is 3.03. The lowest BCUT2D eigenvalue weighted by atomic mass is 10.00. The number of benzene rings is 2. The van der Waals surface area contributed by atoms with Crippen molar-refractivity contribution in [3.05, 3.63) is 71.4 Å². The maximum Gasteiger partial charge on any atom is 0.250 e. The second kappa shape index (κ2) is 5.93. The van der Waals surface area contributed by atoms with Crippen molar-refractivity contribution in [2.45, 2.75) is 19.5 Å². The quantitative estimate of drug-likeness (QED) is 0.743. The minimum absolute atomic E-state index is 0.232. The molecular weight excluding hydrogens is 293 g/mol. The first-order valence-corrected chi connectivity index (χ1v) is 7.66. The average molecular weight is 309 g/mol. The minimum Gasteiger partial charge on any atom is -0.419 e. The summed E-state index contributed by atoms with van der Waals surface area (Å²) in [6, 6.07) is 14.9. The Morgan fingerprint density at radius 2 is 1.78 bits per heavy atom. The Bertz CT molecular complexity index is 830. The Hall–Kier alpha value is -2.53. The summed E-state index contributed by atoms with van der Waals surface area (Å²) in [5.41, 5.74) is 3.09. The van der Waals surface area contributed by atoms with Crippen LogP contribution >= 0.6 is 0 Å². The maximum absolute atomic E-state index is 13.8. The molecule has 3 aromatic rings. The van der Waals surface area contributed by atoms with Gasteiger partial charge in [-0.2, -0.15) is 0 Å². The summed E-state index contributed by atoms with van der Waals surface area (Å²) in [4.78, 5) is 2.26. The Kier molecular flexibility index (Phi) is 3.63. The highest BCUT2D eigenvalue weighted by Gasteiger charge is 2.19. The second-order valence-corrected chi connectivity index (χ2v) is 5.71. The Balaban J connectivity index is 1.50. The summed E-state index contributed by atoms with van der Waals surface area (Å²) < 4.78 is 19.4. The molecule has 0 saturated carbocycles. The molecule has 5 heteroatoms. The van der Waals surface area contributed by atoms with E-state index in [0.29, 0.717) is 18.0 Å². The van der Waals surface area contributed by atoms with Crippen molar-refractivity contribution in [1.29, 1.82) is 0 Å². The molecular formula is C18H16FN3O. The van der Waals surface area contributed by atoms with E-state index in [4.69, 9.17) is 4.42 Å². The Labute approximate surface area is 133 Å². The molecule has 0 fully saturated rings. The molecule has 0 saturated heterocycles. The summed E-state index contributed by atoms with van der Waals surface area (Å²) in [6.45, 7) is 2.40. The fourth-order valence-corrected chi connectivity index (χ4v) is 2.94. The van der Waals surface area contributed by atoms with Crippen molar-refractivity contribution < 1.29 is 8.81 Å². The monoisotopic (exact) mass is 309 g/mol. The van der Waals surface area contributed by atoms with Gasteiger partial charge in [-0.3, -0.25) is 4.90 Å².